The van der Waals surface area contributed by atoms with Crippen LogP contribution in [0.25, 0.3) is 0 Å². The Morgan fingerprint density at radius 1 is 1.71 bits per heavy atom. The van der Waals surface area contributed by atoms with Crippen LogP contribution < -0.4 is 10.5 Å². The maximum absolute atomic E-state index is 10.9. The number of nitrogens with two attached hydrogens (primary N) is 1. The Morgan fingerprint density at radius 2 is 2.36 bits per heavy atom. The van der Waals surface area contributed by atoms with E-state index in [9.17, 15) is 9.90 Å². The van der Waals surface area contributed by atoms with Gasteiger partial charge in [-0.2, -0.15) is 5.10 Å². The highest BCUT2D eigenvalue weighted by Gasteiger charge is 2.19. The van der Waals surface area contributed by atoms with E-state index in [1.807, 2.05) is 0 Å². The number of carbonyl (C=O) groups excluding carboxylic acids is 1. The smallest absolute Gasteiger partial charge is 0.269 e. The Labute approximate surface area is 80.7 Å². The zero-order valence-corrected chi connectivity index (χ0v) is 7.89. The molecule has 1 amide bonds. The van der Waals surface area contributed by atoms with E-state index in [-0.39, 0.29) is 11.3 Å². The first kappa shape index (κ1) is 10.4. The molecule has 0 fully saturated rings. The van der Waals surface area contributed by atoms with E-state index in [0.717, 1.165) is 0 Å². The van der Waals surface area contributed by atoms with Crippen LogP contribution in [-0.4, -0.2) is 28.3 Å². The molecular formula is C8H11N3O3. The second-order valence-electron chi connectivity index (χ2n) is 2.72. The Kier molecular flexibility index (Phi) is 2.98. The summed E-state index contributed by atoms with van der Waals surface area (Å²) in [4.78, 5) is 10.9. The van der Waals surface area contributed by atoms with Crippen molar-refractivity contribution in [2.75, 3.05) is 7.11 Å². The van der Waals surface area contributed by atoms with Crippen LogP contribution in [0.4, 0.5) is 0 Å². The fraction of sp³-hybridized carbons (Fsp3) is 0.375. The van der Waals surface area contributed by atoms with Gasteiger partial charge in [-0.05, 0) is 6.92 Å². The molecule has 1 heterocycles. The lowest BCUT2D eigenvalue weighted by atomic mass is 10.1. The third kappa shape index (κ3) is 1.80. The predicted molar refractivity (Wildman–Crippen MR) is 47.7 cm³/mol. The van der Waals surface area contributed by atoms with Crippen molar-refractivity contribution in [1.82, 2.24) is 10.2 Å². The monoisotopic (exact) mass is 197 g/mol. The number of rotatable bonds is 3. The van der Waals surface area contributed by atoms with Gasteiger partial charge in [-0.25, -0.2) is 0 Å². The molecule has 1 atom stereocenters. The third-order valence-corrected chi connectivity index (χ3v) is 1.72. The Morgan fingerprint density at radius 3 is 2.79 bits per heavy atom. The van der Waals surface area contributed by atoms with E-state index < -0.39 is 12.0 Å². The summed E-state index contributed by atoms with van der Waals surface area (Å²) in [5, 5.41) is 16.5. The van der Waals surface area contributed by atoms with Gasteiger partial charge in [0, 0.05) is 0 Å². The largest absolute Gasteiger partial charge is 0.495 e. The average Bonchev–Trinajstić information content (AvgIpc) is 2.16. The average molecular weight is 197 g/mol. The Hall–Kier alpha value is -1.69. The third-order valence-electron chi connectivity index (χ3n) is 1.72. The number of methoxy groups -OCH3 is 1. The molecule has 3 N–H and O–H groups in total. The lowest BCUT2D eigenvalue weighted by Gasteiger charge is -2.11. The van der Waals surface area contributed by atoms with Crippen molar-refractivity contribution in [1.29, 1.82) is 0 Å². The van der Waals surface area contributed by atoms with Crippen molar-refractivity contribution in [3.05, 3.63) is 17.5 Å². The molecule has 1 aromatic heterocycles. The van der Waals surface area contributed by atoms with Crippen LogP contribution in [0.3, 0.4) is 0 Å². The SMILES string of the molecule is COc1cnnc(C(N)=O)c1C(C)O. The standard InChI is InChI=1S/C8H11N3O3/c1-4(12)6-5(14-2)3-10-11-7(6)8(9)13/h3-4,12H,1-2H3,(H2,9,13). The molecule has 0 radical (unpaired) electrons. The molecule has 0 aromatic carbocycles. The summed E-state index contributed by atoms with van der Waals surface area (Å²) in [5.74, 6) is -0.448. The van der Waals surface area contributed by atoms with Crippen LogP contribution in [0, 0.1) is 0 Å². The van der Waals surface area contributed by atoms with Crippen LogP contribution in [0.15, 0.2) is 6.20 Å². The van der Waals surface area contributed by atoms with Crippen molar-refractivity contribution in [3.63, 3.8) is 0 Å². The molecular weight excluding hydrogens is 186 g/mol. The fourth-order valence-corrected chi connectivity index (χ4v) is 1.13. The van der Waals surface area contributed by atoms with E-state index >= 15 is 0 Å². The molecule has 1 aromatic rings. The number of hydrogen-bond acceptors (Lipinski definition) is 5. The summed E-state index contributed by atoms with van der Waals surface area (Å²) in [5.41, 5.74) is 5.26. The molecule has 1 rings (SSSR count). The normalized spacial score (nSPS) is 12.2. The van der Waals surface area contributed by atoms with Gasteiger partial charge in [-0.3, -0.25) is 4.79 Å². The second kappa shape index (κ2) is 4.01. The van der Waals surface area contributed by atoms with Gasteiger partial charge >= 0.3 is 0 Å². The first-order valence-corrected chi connectivity index (χ1v) is 3.95. The number of aromatic nitrogens is 2. The topological polar surface area (TPSA) is 98.3 Å². The zero-order chi connectivity index (χ0) is 10.7. The van der Waals surface area contributed by atoms with Crippen LogP contribution >= 0.6 is 0 Å². The summed E-state index contributed by atoms with van der Waals surface area (Å²) in [6.07, 6.45) is 0.428. The number of aliphatic hydroxyl groups excluding tert-OH is 1. The maximum atomic E-state index is 10.9. The number of carbonyl (C=O) groups is 1. The van der Waals surface area contributed by atoms with Crippen molar-refractivity contribution in [3.8, 4) is 5.75 Å². The van der Waals surface area contributed by atoms with Crippen LogP contribution in [0.5, 0.6) is 5.75 Å². The lowest BCUT2D eigenvalue weighted by Crippen LogP contribution is -2.18. The van der Waals surface area contributed by atoms with Crippen LogP contribution in [0.1, 0.15) is 29.1 Å². The fourth-order valence-electron chi connectivity index (χ4n) is 1.13. The van der Waals surface area contributed by atoms with Crippen LogP contribution in [-0.2, 0) is 0 Å². The van der Waals surface area contributed by atoms with E-state index in [1.54, 1.807) is 0 Å². The van der Waals surface area contributed by atoms with Gasteiger partial charge in [-0.15, -0.1) is 5.10 Å². The number of amides is 1. The molecule has 0 spiro atoms. The maximum Gasteiger partial charge on any atom is 0.269 e. The molecule has 0 saturated heterocycles. The van der Waals surface area contributed by atoms with Gasteiger partial charge in [-0.1, -0.05) is 0 Å². The van der Waals surface area contributed by atoms with Gasteiger partial charge < -0.3 is 15.6 Å². The molecule has 0 bridgehead atoms. The van der Waals surface area contributed by atoms with E-state index in [4.69, 9.17) is 10.5 Å². The predicted octanol–water partition coefficient (Wildman–Crippen LogP) is -0.363. The van der Waals surface area contributed by atoms with Gasteiger partial charge in [0.2, 0.25) is 0 Å². The molecule has 76 valence electrons. The molecule has 0 aliphatic rings. The van der Waals surface area contributed by atoms with Gasteiger partial charge in [0.1, 0.15) is 5.75 Å². The Balaban J connectivity index is 3.35. The van der Waals surface area contributed by atoms with Crippen molar-refractivity contribution < 1.29 is 14.6 Å². The molecule has 14 heavy (non-hydrogen) atoms. The van der Waals surface area contributed by atoms with E-state index in [1.165, 1.54) is 20.2 Å². The summed E-state index contributed by atoms with van der Waals surface area (Å²) < 4.78 is 4.93. The number of hydrogen-bond donors (Lipinski definition) is 2. The summed E-state index contributed by atoms with van der Waals surface area (Å²) in [6, 6.07) is 0. The molecule has 6 nitrogen and oxygen atoms in total. The first-order valence-electron chi connectivity index (χ1n) is 3.95. The number of aliphatic hydroxyl groups is 1. The number of nitrogens with zero attached hydrogens (tertiary/aromatic N) is 2. The highest BCUT2D eigenvalue weighted by atomic mass is 16.5. The quantitative estimate of drug-likeness (QED) is 0.689. The lowest BCUT2D eigenvalue weighted by molar-refractivity contribution is 0.0986. The Bertz CT molecular complexity index is 352. The van der Waals surface area contributed by atoms with Crippen molar-refractivity contribution in [2.24, 2.45) is 5.73 Å². The number of ether oxygens (including phenoxy) is 1. The summed E-state index contributed by atoms with van der Waals surface area (Å²) in [7, 11) is 1.41. The minimum atomic E-state index is -0.886. The first-order chi connectivity index (χ1) is 6.57. The van der Waals surface area contributed by atoms with Gasteiger partial charge in [0.05, 0.1) is 25.0 Å². The second-order valence-corrected chi connectivity index (χ2v) is 2.72. The van der Waals surface area contributed by atoms with Gasteiger partial charge in [0.15, 0.2) is 5.69 Å². The van der Waals surface area contributed by atoms with E-state index in [2.05, 4.69) is 10.2 Å². The molecule has 1 unspecified atom stereocenters. The molecule has 0 aliphatic carbocycles. The minimum Gasteiger partial charge on any atom is -0.495 e. The van der Waals surface area contributed by atoms with E-state index in [0.29, 0.717) is 5.75 Å². The molecule has 0 saturated carbocycles. The van der Waals surface area contributed by atoms with Crippen molar-refractivity contribution in [2.45, 2.75) is 13.0 Å². The highest BCUT2D eigenvalue weighted by Crippen LogP contribution is 2.25. The van der Waals surface area contributed by atoms with Crippen molar-refractivity contribution >= 4 is 5.91 Å². The molecule has 6 heteroatoms. The zero-order valence-electron chi connectivity index (χ0n) is 7.89. The summed E-state index contributed by atoms with van der Waals surface area (Å²) in [6.45, 7) is 1.49. The molecule has 0 aliphatic heterocycles. The van der Waals surface area contributed by atoms with Gasteiger partial charge in [0.25, 0.3) is 5.91 Å². The minimum absolute atomic E-state index is 0.0700. The highest BCUT2D eigenvalue weighted by molar-refractivity contribution is 5.92. The number of primary amides is 1. The summed E-state index contributed by atoms with van der Waals surface area (Å²) >= 11 is 0. The van der Waals surface area contributed by atoms with Crippen LogP contribution in [0.2, 0.25) is 0 Å².